The molecule has 0 aliphatic carbocycles. The van der Waals surface area contributed by atoms with E-state index in [0.29, 0.717) is 39.5 Å². The summed E-state index contributed by atoms with van der Waals surface area (Å²) in [6.07, 6.45) is 0. The zero-order valence-electron chi connectivity index (χ0n) is 18.5. The van der Waals surface area contributed by atoms with Crippen LogP contribution in [0.25, 0.3) is 22.3 Å². The normalized spacial score (nSPS) is 10.5. The Bertz CT molecular complexity index is 1430. The molecule has 3 aromatic carbocycles. The van der Waals surface area contributed by atoms with Crippen molar-refractivity contribution in [3.63, 3.8) is 0 Å². The summed E-state index contributed by atoms with van der Waals surface area (Å²) in [5, 5.41) is 3.14. The smallest absolute Gasteiger partial charge is 0.339 e. The van der Waals surface area contributed by atoms with Crippen LogP contribution in [0.2, 0.25) is 0 Å². The fourth-order valence-corrected chi connectivity index (χ4v) is 3.37. The summed E-state index contributed by atoms with van der Waals surface area (Å²) in [6.45, 7) is -0.323. The van der Waals surface area contributed by atoms with E-state index < -0.39 is 11.9 Å². The standard InChI is InChI=1S/C25H21N3O6/c1-32-21-13-15(23-27-18-9-5-3-7-16(18)24(30)28-23)11-12-20(21)34-14-22(29)26-19-10-6-4-8-17(19)25(31)33-2/h3-13H,14H2,1-2H3,(H,26,29)(H,27,28,30). The van der Waals surface area contributed by atoms with Crippen LogP contribution in [0.1, 0.15) is 10.4 Å². The molecule has 2 N–H and O–H groups in total. The first-order valence-electron chi connectivity index (χ1n) is 10.3. The summed E-state index contributed by atoms with van der Waals surface area (Å²) in [7, 11) is 2.73. The Hall–Kier alpha value is -4.66. The summed E-state index contributed by atoms with van der Waals surface area (Å²) in [5.41, 5.74) is 1.49. The fraction of sp³-hybridized carbons (Fsp3) is 0.120. The van der Waals surface area contributed by atoms with E-state index in [1.165, 1.54) is 14.2 Å². The average Bonchev–Trinajstić information content (AvgIpc) is 2.87. The molecule has 0 unspecified atom stereocenters. The average molecular weight is 459 g/mol. The Morgan fingerprint density at radius 1 is 0.971 bits per heavy atom. The molecule has 0 atom stereocenters. The van der Waals surface area contributed by atoms with Gasteiger partial charge in [0.1, 0.15) is 5.82 Å². The predicted molar refractivity (Wildman–Crippen MR) is 126 cm³/mol. The number of hydrogen-bond donors (Lipinski definition) is 2. The van der Waals surface area contributed by atoms with E-state index in [0.717, 1.165) is 0 Å². The van der Waals surface area contributed by atoms with Crippen LogP contribution in [0, 0.1) is 0 Å². The molecule has 0 bridgehead atoms. The number of hydrogen-bond acceptors (Lipinski definition) is 7. The lowest BCUT2D eigenvalue weighted by molar-refractivity contribution is -0.118. The first-order valence-corrected chi connectivity index (χ1v) is 10.3. The van der Waals surface area contributed by atoms with E-state index in [-0.39, 0.29) is 17.7 Å². The van der Waals surface area contributed by atoms with Crippen molar-refractivity contribution in [2.45, 2.75) is 0 Å². The number of benzene rings is 3. The minimum absolute atomic E-state index is 0.233. The molecule has 9 heteroatoms. The Morgan fingerprint density at radius 3 is 2.53 bits per heavy atom. The van der Waals surface area contributed by atoms with Crippen molar-refractivity contribution in [2.24, 2.45) is 0 Å². The number of methoxy groups -OCH3 is 2. The molecule has 0 saturated carbocycles. The van der Waals surface area contributed by atoms with Crippen molar-refractivity contribution in [3.8, 4) is 22.9 Å². The lowest BCUT2D eigenvalue weighted by atomic mass is 10.1. The zero-order chi connectivity index (χ0) is 24.1. The first kappa shape index (κ1) is 22.5. The lowest BCUT2D eigenvalue weighted by Gasteiger charge is -2.13. The van der Waals surface area contributed by atoms with Crippen LogP contribution in [-0.4, -0.2) is 42.7 Å². The van der Waals surface area contributed by atoms with Gasteiger partial charge in [-0.2, -0.15) is 0 Å². The van der Waals surface area contributed by atoms with Crippen molar-refractivity contribution in [1.29, 1.82) is 0 Å². The van der Waals surface area contributed by atoms with Crippen LogP contribution < -0.4 is 20.3 Å². The fourth-order valence-electron chi connectivity index (χ4n) is 3.37. The van der Waals surface area contributed by atoms with E-state index in [1.807, 2.05) is 6.07 Å². The Balaban J connectivity index is 1.51. The van der Waals surface area contributed by atoms with Gasteiger partial charge in [0.05, 0.1) is 36.4 Å². The highest BCUT2D eigenvalue weighted by atomic mass is 16.5. The second-order valence-corrected chi connectivity index (χ2v) is 7.17. The molecule has 1 amide bonds. The molecule has 0 radical (unpaired) electrons. The van der Waals surface area contributed by atoms with Crippen molar-refractivity contribution >= 4 is 28.5 Å². The molecule has 0 spiro atoms. The Labute approximate surface area is 194 Å². The van der Waals surface area contributed by atoms with Gasteiger partial charge < -0.3 is 24.5 Å². The third-order valence-corrected chi connectivity index (χ3v) is 5.02. The number of aromatic nitrogens is 2. The summed E-state index contributed by atoms with van der Waals surface area (Å²) < 4.78 is 15.8. The topological polar surface area (TPSA) is 120 Å². The minimum Gasteiger partial charge on any atom is -0.493 e. The molecular weight excluding hydrogens is 438 g/mol. The van der Waals surface area contributed by atoms with Crippen molar-refractivity contribution in [3.05, 3.63) is 82.6 Å². The molecule has 1 aromatic heterocycles. The molecule has 172 valence electrons. The number of aromatic amines is 1. The number of ether oxygens (including phenoxy) is 3. The van der Waals surface area contributed by atoms with Gasteiger partial charge in [-0.3, -0.25) is 9.59 Å². The SMILES string of the molecule is COC(=O)c1ccccc1NC(=O)COc1ccc(-c2nc3ccccc3c(=O)[nH]2)cc1OC. The molecule has 4 aromatic rings. The van der Waals surface area contributed by atoms with E-state index in [9.17, 15) is 14.4 Å². The third kappa shape index (κ3) is 4.73. The van der Waals surface area contributed by atoms with Crippen LogP contribution in [0.5, 0.6) is 11.5 Å². The maximum absolute atomic E-state index is 12.4. The summed E-state index contributed by atoms with van der Waals surface area (Å²) in [4.78, 5) is 44.0. The van der Waals surface area contributed by atoms with Gasteiger partial charge in [0.25, 0.3) is 11.5 Å². The number of carbonyl (C=O) groups excluding carboxylic acids is 2. The van der Waals surface area contributed by atoms with Crippen molar-refractivity contribution in [2.75, 3.05) is 26.1 Å². The Kier molecular flexibility index (Phi) is 6.54. The highest BCUT2D eigenvalue weighted by Crippen LogP contribution is 2.31. The number of H-pyrrole nitrogens is 1. The van der Waals surface area contributed by atoms with E-state index >= 15 is 0 Å². The molecule has 0 fully saturated rings. The lowest BCUT2D eigenvalue weighted by Crippen LogP contribution is -2.22. The van der Waals surface area contributed by atoms with Gasteiger partial charge in [0, 0.05) is 5.56 Å². The second-order valence-electron chi connectivity index (χ2n) is 7.17. The molecule has 0 saturated heterocycles. The van der Waals surface area contributed by atoms with Gasteiger partial charge in [0.2, 0.25) is 0 Å². The van der Waals surface area contributed by atoms with Gasteiger partial charge in [-0.25, -0.2) is 9.78 Å². The number of carbonyl (C=O) groups is 2. The van der Waals surface area contributed by atoms with Gasteiger partial charge in [-0.05, 0) is 42.5 Å². The summed E-state index contributed by atoms with van der Waals surface area (Å²) in [5.74, 6) is 0.0324. The molecule has 9 nitrogen and oxygen atoms in total. The molecule has 4 rings (SSSR count). The summed E-state index contributed by atoms with van der Waals surface area (Å²) in [6, 6.07) is 18.5. The quantitative estimate of drug-likeness (QED) is 0.407. The minimum atomic E-state index is -0.561. The van der Waals surface area contributed by atoms with Crippen LogP contribution in [-0.2, 0) is 9.53 Å². The van der Waals surface area contributed by atoms with Crippen molar-refractivity contribution < 1.29 is 23.8 Å². The zero-order valence-corrected chi connectivity index (χ0v) is 18.5. The number of anilines is 1. The number of para-hydroxylation sites is 2. The summed E-state index contributed by atoms with van der Waals surface area (Å²) >= 11 is 0. The number of rotatable bonds is 7. The molecule has 0 aliphatic rings. The second kappa shape index (κ2) is 9.86. The number of esters is 1. The van der Waals surface area contributed by atoms with Crippen LogP contribution in [0.4, 0.5) is 5.69 Å². The van der Waals surface area contributed by atoms with E-state index in [4.69, 9.17) is 14.2 Å². The van der Waals surface area contributed by atoms with Gasteiger partial charge in [-0.15, -0.1) is 0 Å². The highest BCUT2D eigenvalue weighted by Gasteiger charge is 2.15. The molecule has 0 aliphatic heterocycles. The van der Waals surface area contributed by atoms with Gasteiger partial charge in [-0.1, -0.05) is 24.3 Å². The molecule has 34 heavy (non-hydrogen) atoms. The molecule has 1 heterocycles. The number of nitrogens with one attached hydrogen (secondary N) is 2. The maximum Gasteiger partial charge on any atom is 0.339 e. The Morgan fingerprint density at radius 2 is 1.74 bits per heavy atom. The number of amides is 1. The van der Waals surface area contributed by atoms with Gasteiger partial charge >= 0.3 is 5.97 Å². The third-order valence-electron chi connectivity index (χ3n) is 5.02. The molecular formula is C25H21N3O6. The number of fused-ring (bicyclic) bond motifs is 1. The largest absolute Gasteiger partial charge is 0.493 e. The van der Waals surface area contributed by atoms with E-state index in [2.05, 4.69) is 15.3 Å². The monoisotopic (exact) mass is 459 g/mol. The maximum atomic E-state index is 12.4. The van der Waals surface area contributed by atoms with Crippen LogP contribution in [0.3, 0.4) is 0 Å². The number of nitrogens with zero attached hydrogens (tertiary/aromatic N) is 1. The van der Waals surface area contributed by atoms with Gasteiger partial charge in [0.15, 0.2) is 18.1 Å². The predicted octanol–water partition coefficient (Wildman–Crippen LogP) is 3.40. The van der Waals surface area contributed by atoms with Crippen molar-refractivity contribution in [1.82, 2.24) is 9.97 Å². The van der Waals surface area contributed by atoms with Crippen LogP contribution >= 0.6 is 0 Å². The van der Waals surface area contributed by atoms with E-state index in [1.54, 1.807) is 60.7 Å². The van der Waals surface area contributed by atoms with Crippen LogP contribution in [0.15, 0.2) is 71.5 Å². The first-order chi connectivity index (χ1) is 16.5. The highest BCUT2D eigenvalue weighted by molar-refractivity contribution is 6.01.